The van der Waals surface area contributed by atoms with Crippen LogP contribution in [0.2, 0.25) is 0 Å². The lowest BCUT2D eigenvalue weighted by atomic mass is 10.2. The van der Waals surface area contributed by atoms with Crippen molar-refractivity contribution in [3.05, 3.63) is 70.7 Å². The highest BCUT2D eigenvalue weighted by atomic mass is 32.2. The van der Waals surface area contributed by atoms with Gasteiger partial charge in [-0.15, -0.1) is 11.3 Å². The number of amides is 1. The Hall–Kier alpha value is -2.59. The number of carbonyl (C=O) groups excluding carboxylic acids is 1. The molecule has 1 aromatic heterocycles. The monoisotopic (exact) mass is 457 g/mol. The predicted molar refractivity (Wildman–Crippen MR) is 119 cm³/mol. The van der Waals surface area contributed by atoms with Gasteiger partial charge in [-0.1, -0.05) is 30.3 Å². The zero-order chi connectivity index (χ0) is 21.8. The van der Waals surface area contributed by atoms with Crippen LogP contribution in [0.25, 0.3) is 10.6 Å². The van der Waals surface area contributed by atoms with Crippen LogP contribution in [0.1, 0.15) is 20.9 Å². The molecule has 162 valence electrons. The summed E-state index contributed by atoms with van der Waals surface area (Å²) in [5, 5.41) is 3.81. The molecule has 2 aromatic carbocycles. The second-order valence-corrected chi connectivity index (χ2v) is 10.1. The highest BCUT2D eigenvalue weighted by Crippen LogP contribution is 2.27. The minimum absolute atomic E-state index is 0.178. The fourth-order valence-electron chi connectivity index (χ4n) is 3.27. The van der Waals surface area contributed by atoms with Gasteiger partial charge in [-0.05, 0) is 31.2 Å². The number of carbonyl (C=O) groups is 1. The number of morpholine rings is 1. The van der Waals surface area contributed by atoms with Crippen LogP contribution >= 0.6 is 11.3 Å². The fraction of sp³-hybridized carbons (Fsp3) is 0.273. The second kappa shape index (κ2) is 9.27. The van der Waals surface area contributed by atoms with Crippen molar-refractivity contribution in [3.8, 4) is 10.6 Å². The van der Waals surface area contributed by atoms with Crippen LogP contribution in [-0.4, -0.2) is 49.9 Å². The Bertz CT molecular complexity index is 1150. The maximum atomic E-state index is 12.7. The van der Waals surface area contributed by atoms with Gasteiger partial charge in [-0.2, -0.15) is 4.31 Å². The molecule has 7 nitrogen and oxygen atoms in total. The van der Waals surface area contributed by atoms with Gasteiger partial charge in [0, 0.05) is 29.1 Å². The molecule has 3 aromatic rings. The summed E-state index contributed by atoms with van der Waals surface area (Å²) < 4.78 is 32.0. The number of ether oxygens (including phenoxy) is 1. The fourth-order valence-corrected chi connectivity index (χ4v) is 5.69. The van der Waals surface area contributed by atoms with Gasteiger partial charge in [0.05, 0.1) is 30.3 Å². The van der Waals surface area contributed by atoms with E-state index in [0.29, 0.717) is 38.4 Å². The molecule has 0 bridgehead atoms. The number of hydrogen-bond donors (Lipinski definition) is 1. The van der Waals surface area contributed by atoms with Crippen molar-refractivity contribution in [3.63, 3.8) is 0 Å². The topological polar surface area (TPSA) is 88.6 Å². The minimum atomic E-state index is -3.57. The normalized spacial score (nSPS) is 15.0. The Morgan fingerprint density at radius 2 is 1.77 bits per heavy atom. The number of aromatic nitrogens is 1. The van der Waals surface area contributed by atoms with E-state index in [1.54, 1.807) is 11.3 Å². The van der Waals surface area contributed by atoms with Crippen molar-refractivity contribution < 1.29 is 17.9 Å². The van der Waals surface area contributed by atoms with E-state index < -0.39 is 10.0 Å². The molecule has 0 spiro atoms. The summed E-state index contributed by atoms with van der Waals surface area (Å²) in [4.78, 5) is 18.3. The number of aryl methyl sites for hydroxylation is 1. The summed E-state index contributed by atoms with van der Waals surface area (Å²) in [6.45, 7) is 3.75. The molecule has 0 aliphatic carbocycles. The molecule has 1 aliphatic rings. The zero-order valence-corrected chi connectivity index (χ0v) is 18.7. The number of nitrogens with one attached hydrogen (secondary N) is 1. The molecule has 0 atom stereocenters. The van der Waals surface area contributed by atoms with Gasteiger partial charge in [0.2, 0.25) is 10.0 Å². The lowest BCUT2D eigenvalue weighted by Gasteiger charge is -2.26. The zero-order valence-electron chi connectivity index (χ0n) is 17.1. The van der Waals surface area contributed by atoms with Crippen molar-refractivity contribution in [2.75, 3.05) is 26.3 Å². The lowest BCUT2D eigenvalue weighted by molar-refractivity contribution is 0.0730. The molecule has 1 amide bonds. The number of sulfonamides is 1. The van der Waals surface area contributed by atoms with Crippen LogP contribution in [0.3, 0.4) is 0 Å². The lowest BCUT2D eigenvalue weighted by Crippen LogP contribution is -2.40. The molecule has 0 unspecified atom stereocenters. The van der Waals surface area contributed by atoms with Crippen LogP contribution in [0, 0.1) is 6.92 Å². The molecule has 1 saturated heterocycles. The first-order valence-electron chi connectivity index (χ1n) is 9.93. The number of benzene rings is 2. The third-order valence-corrected chi connectivity index (χ3v) is 8.17. The van der Waals surface area contributed by atoms with Crippen LogP contribution < -0.4 is 5.32 Å². The van der Waals surface area contributed by atoms with E-state index in [0.717, 1.165) is 21.1 Å². The van der Waals surface area contributed by atoms with Crippen LogP contribution in [0.15, 0.2) is 59.5 Å². The molecule has 2 heterocycles. The van der Waals surface area contributed by atoms with E-state index in [1.807, 2.05) is 37.3 Å². The third-order valence-electron chi connectivity index (χ3n) is 5.05. The highest BCUT2D eigenvalue weighted by molar-refractivity contribution is 7.89. The maximum Gasteiger partial charge on any atom is 0.251 e. The van der Waals surface area contributed by atoms with Crippen molar-refractivity contribution >= 4 is 27.3 Å². The summed E-state index contributed by atoms with van der Waals surface area (Å²) in [6.07, 6.45) is 0. The molecule has 31 heavy (non-hydrogen) atoms. The van der Waals surface area contributed by atoms with Crippen molar-refractivity contribution in [2.45, 2.75) is 18.4 Å². The maximum absolute atomic E-state index is 12.7. The molecule has 0 radical (unpaired) electrons. The smallest absolute Gasteiger partial charge is 0.251 e. The van der Waals surface area contributed by atoms with Gasteiger partial charge < -0.3 is 10.1 Å². The average molecular weight is 458 g/mol. The SMILES string of the molecule is Cc1nc(-c2ccccc2)sc1CNC(=O)c1ccc(S(=O)(=O)N2CCOCC2)cc1. The van der Waals surface area contributed by atoms with Gasteiger partial charge in [0.1, 0.15) is 5.01 Å². The van der Waals surface area contributed by atoms with Crippen LogP contribution in [0.4, 0.5) is 0 Å². The van der Waals surface area contributed by atoms with Gasteiger partial charge in [-0.25, -0.2) is 13.4 Å². The van der Waals surface area contributed by atoms with Crippen molar-refractivity contribution in [1.29, 1.82) is 0 Å². The Morgan fingerprint density at radius 3 is 2.45 bits per heavy atom. The van der Waals surface area contributed by atoms with Gasteiger partial charge in [0.15, 0.2) is 0 Å². The standard InChI is InChI=1S/C22H23N3O4S2/c1-16-20(30-22(24-16)18-5-3-2-4-6-18)15-23-21(26)17-7-9-19(10-8-17)31(27,28)25-11-13-29-14-12-25/h2-10H,11-15H2,1H3,(H,23,26). The third kappa shape index (κ3) is 4.85. The number of thiazole rings is 1. The van der Waals surface area contributed by atoms with E-state index in [2.05, 4.69) is 10.3 Å². The Labute approximate surface area is 185 Å². The average Bonchev–Trinajstić information content (AvgIpc) is 3.19. The van der Waals surface area contributed by atoms with E-state index in [4.69, 9.17) is 4.74 Å². The summed E-state index contributed by atoms with van der Waals surface area (Å²) >= 11 is 1.55. The highest BCUT2D eigenvalue weighted by Gasteiger charge is 2.26. The molecule has 4 rings (SSSR count). The first-order valence-corrected chi connectivity index (χ1v) is 12.2. The van der Waals surface area contributed by atoms with Gasteiger partial charge >= 0.3 is 0 Å². The largest absolute Gasteiger partial charge is 0.379 e. The first-order chi connectivity index (χ1) is 14.9. The molecule has 1 N–H and O–H groups in total. The predicted octanol–water partition coefficient (Wildman–Crippen LogP) is 3.07. The van der Waals surface area contributed by atoms with Crippen LogP contribution in [-0.2, 0) is 21.3 Å². The summed E-state index contributed by atoms with van der Waals surface area (Å²) in [6, 6.07) is 15.9. The summed E-state index contributed by atoms with van der Waals surface area (Å²) in [7, 11) is -3.57. The van der Waals surface area contributed by atoms with Gasteiger partial charge in [-0.3, -0.25) is 4.79 Å². The molecule has 9 heteroatoms. The Morgan fingerprint density at radius 1 is 1.10 bits per heavy atom. The van der Waals surface area contributed by atoms with Gasteiger partial charge in [0.25, 0.3) is 5.91 Å². The van der Waals surface area contributed by atoms with Crippen molar-refractivity contribution in [1.82, 2.24) is 14.6 Å². The second-order valence-electron chi connectivity index (χ2n) is 7.12. The molecule has 0 saturated carbocycles. The van der Waals surface area contributed by atoms with Crippen LogP contribution in [0.5, 0.6) is 0 Å². The van der Waals surface area contributed by atoms with E-state index in [1.165, 1.54) is 28.6 Å². The Balaban J connectivity index is 1.41. The van der Waals surface area contributed by atoms with E-state index in [9.17, 15) is 13.2 Å². The van der Waals surface area contributed by atoms with E-state index in [-0.39, 0.29) is 10.8 Å². The molecular weight excluding hydrogens is 434 g/mol. The number of nitrogens with zero attached hydrogens (tertiary/aromatic N) is 2. The molecule has 1 aliphatic heterocycles. The molecule has 1 fully saturated rings. The first kappa shape index (κ1) is 21.6. The number of rotatable bonds is 6. The minimum Gasteiger partial charge on any atom is -0.379 e. The quantitative estimate of drug-likeness (QED) is 0.615. The summed E-state index contributed by atoms with van der Waals surface area (Å²) in [5.74, 6) is -0.260. The van der Waals surface area contributed by atoms with E-state index >= 15 is 0 Å². The summed E-state index contributed by atoms with van der Waals surface area (Å²) in [5.41, 5.74) is 2.34. The number of hydrogen-bond acceptors (Lipinski definition) is 6. The molecular formula is C22H23N3O4S2. The Kier molecular flexibility index (Phi) is 6.47. The van der Waals surface area contributed by atoms with Crippen molar-refractivity contribution in [2.24, 2.45) is 0 Å².